The van der Waals surface area contributed by atoms with E-state index < -0.39 is 0 Å². The molecule has 1 saturated carbocycles. The molecule has 2 fully saturated rings. The van der Waals surface area contributed by atoms with Gasteiger partial charge in [0, 0.05) is 43.0 Å². The first-order chi connectivity index (χ1) is 15.7. The van der Waals surface area contributed by atoms with Crippen molar-refractivity contribution in [1.29, 1.82) is 0 Å². The van der Waals surface area contributed by atoms with E-state index in [0.717, 1.165) is 60.7 Å². The van der Waals surface area contributed by atoms with Crippen LogP contribution < -0.4 is 15.8 Å². The molecule has 2 atom stereocenters. The number of hydrogen-bond donors (Lipinski definition) is 2. The lowest BCUT2D eigenvalue weighted by Gasteiger charge is -2.24. The summed E-state index contributed by atoms with van der Waals surface area (Å²) in [6.07, 6.45) is 6.09. The van der Waals surface area contributed by atoms with Gasteiger partial charge in [0.05, 0.1) is 19.5 Å². The lowest BCUT2D eigenvalue weighted by atomic mass is 10.0. The minimum absolute atomic E-state index is 0.0288. The van der Waals surface area contributed by atoms with Crippen molar-refractivity contribution < 1.29 is 18.7 Å². The minimum Gasteiger partial charge on any atom is -0.490 e. The van der Waals surface area contributed by atoms with Gasteiger partial charge in [-0.15, -0.1) is 0 Å². The molecule has 1 aliphatic carbocycles. The quantitative estimate of drug-likeness (QED) is 0.582. The molecule has 0 radical (unpaired) electrons. The van der Waals surface area contributed by atoms with Crippen molar-refractivity contribution in [3.05, 3.63) is 66.2 Å². The predicted molar refractivity (Wildman–Crippen MR) is 120 cm³/mol. The highest BCUT2D eigenvalue weighted by Gasteiger charge is 2.45. The van der Waals surface area contributed by atoms with Crippen LogP contribution in [0.15, 0.2) is 59.3 Å². The molecule has 166 valence electrons. The van der Waals surface area contributed by atoms with Gasteiger partial charge in [0.1, 0.15) is 23.4 Å². The Hall–Kier alpha value is -3.16. The van der Waals surface area contributed by atoms with Gasteiger partial charge in [0.25, 0.3) is 0 Å². The maximum absolute atomic E-state index is 12.6. The Morgan fingerprint density at radius 1 is 1.16 bits per heavy atom. The highest BCUT2D eigenvalue weighted by Crippen LogP contribution is 2.48. The number of carbonyl (C=O) groups is 1. The van der Waals surface area contributed by atoms with Crippen LogP contribution in [-0.2, 0) is 16.1 Å². The van der Waals surface area contributed by atoms with Crippen LogP contribution in [0.5, 0.6) is 5.75 Å². The predicted octanol–water partition coefficient (Wildman–Crippen LogP) is 4.10. The third-order valence-electron chi connectivity index (χ3n) is 6.12. The van der Waals surface area contributed by atoms with Crippen LogP contribution in [0.2, 0.25) is 0 Å². The molecular weight excluding hydrogens is 406 g/mol. The second-order valence-electron chi connectivity index (χ2n) is 8.34. The Morgan fingerprint density at radius 3 is 2.78 bits per heavy atom. The van der Waals surface area contributed by atoms with Gasteiger partial charge in [0.15, 0.2) is 0 Å². The molecular formula is C25H27N3O4. The number of furan rings is 1. The van der Waals surface area contributed by atoms with Gasteiger partial charge in [-0.2, -0.15) is 0 Å². The van der Waals surface area contributed by atoms with Crippen LogP contribution in [0, 0.1) is 5.92 Å². The fourth-order valence-electron chi connectivity index (χ4n) is 4.21. The molecule has 3 aromatic rings. The SMILES string of the molecule is NCc1cc(-c2ccnc(NC(=O)C3CC3c3ccco3)c2)ccc1OC1CCOCC1. The normalized spacial score (nSPS) is 20.7. The molecule has 1 aromatic carbocycles. The lowest BCUT2D eigenvalue weighted by Crippen LogP contribution is -2.26. The third-order valence-corrected chi connectivity index (χ3v) is 6.12. The summed E-state index contributed by atoms with van der Waals surface area (Å²) in [4.78, 5) is 17.0. The van der Waals surface area contributed by atoms with E-state index in [1.165, 1.54) is 0 Å². The van der Waals surface area contributed by atoms with Crippen molar-refractivity contribution in [3.63, 3.8) is 0 Å². The number of aromatic nitrogens is 1. The van der Waals surface area contributed by atoms with Gasteiger partial charge in [0.2, 0.25) is 5.91 Å². The summed E-state index contributed by atoms with van der Waals surface area (Å²) in [5.74, 6) is 2.28. The summed E-state index contributed by atoms with van der Waals surface area (Å²) in [7, 11) is 0. The number of benzene rings is 1. The number of carbonyl (C=O) groups excluding carboxylic acids is 1. The highest BCUT2D eigenvalue weighted by atomic mass is 16.5. The molecule has 2 aromatic heterocycles. The van der Waals surface area contributed by atoms with E-state index >= 15 is 0 Å². The fourth-order valence-corrected chi connectivity index (χ4v) is 4.21. The average molecular weight is 434 g/mol. The van der Waals surface area contributed by atoms with E-state index in [1.807, 2.05) is 42.5 Å². The molecule has 3 N–H and O–H groups in total. The van der Waals surface area contributed by atoms with Crippen molar-refractivity contribution in [1.82, 2.24) is 4.98 Å². The topological polar surface area (TPSA) is 99.6 Å². The molecule has 7 heteroatoms. The third kappa shape index (κ3) is 4.54. The molecule has 3 heterocycles. The van der Waals surface area contributed by atoms with Gasteiger partial charge >= 0.3 is 0 Å². The van der Waals surface area contributed by atoms with Crippen molar-refractivity contribution in [2.75, 3.05) is 18.5 Å². The zero-order chi connectivity index (χ0) is 21.9. The Balaban J connectivity index is 1.28. The standard InChI is InChI=1S/C25H27N3O4/c26-15-18-12-16(3-4-22(18)32-19-6-10-30-11-7-19)17-5-8-27-24(13-17)28-25(29)21-14-20(21)23-2-1-9-31-23/h1-5,8-9,12-13,19-21H,6-7,10-11,14-15,26H2,(H,27,28,29). The van der Waals surface area contributed by atoms with E-state index in [4.69, 9.17) is 19.6 Å². The number of nitrogens with zero attached hydrogens (tertiary/aromatic N) is 1. The number of ether oxygens (including phenoxy) is 2. The van der Waals surface area contributed by atoms with Crippen molar-refractivity contribution in [2.45, 2.75) is 37.8 Å². The number of pyridine rings is 1. The van der Waals surface area contributed by atoms with Gasteiger partial charge in [-0.3, -0.25) is 4.79 Å². The smallest absolute Gasteiger partial charge is 0.229 e. The first-order valence-corrected chi connectivity index (χ1v) is 11.1. The van der Waals surface area contributed by atoms with Crippen molar-refractivity contribution in [2.24, 2.45) is 11.7 Å². The number of hydrogen-bond acceptors (Lipinski definition) is 6. The summed E-state index contributed by atoms with van der Waals surface area (Å²) in [5, 5.41) is 2.95. The van der Waals surface area contributed by atoms with Crippen LogP contribution in [0.1, 0.15) is 36.5 Å². The van der Waals surface area contributed by atoms with Gasteiger partial charge < -0.3 is 24.9 Å². The van der Waals surface area contributed by atoms with Gasteiger partial charge in [-0.05, 0) is 53.9 Å². The Bertz CT molecular complexity index is 1080. The lowest BCUT2D eigenvalue weighted by molar-refractivity contribution is -0.117. The van der Waals surface area contributed by atoms with Crippen LogP contribution >= 0.6 is 0 Å². The van der Waals surface area contributed by atoms with Crippen LogP contribution in [-0.4, -0.2) is 30.2 Å². The summed E-state index contributed by atoms with van der Waals surface area (Å²) in [6.45, 7) is 1.85. The number of nitrogens with one attached hydrogen (secondary N) is 1. The molecule has 32 heavy (non-hydrogen) atoms. The Labute approximate surface area is 186 Å². The number of anilines is 1. The van der Waals surface area contributed by atoms with Gasteiger partial charge in [-0.1, -0.05) is 6.07 Å². The number of nitrogens with two attached hydrogens (primary N) is 1. The van der Waals surface area contributed by atoms with Crippen LogP contribution in [0.4, 0.5) is 5.82 Å². The monoisotopic (exact) mass is 433 g/mol. The second-order valence-corrected chi connectivity index (χ2v) is 8.34. The molecule has 2 aliphatic rings. The maximum Gasteiger partial charge on any atom is 0.229 e. The zero-order valence-corrected chi connectivity index (χ0v) is 17.8. The van der Waals surface area contributed by atoms with E-state index in [2.05, 4.69) is 10.3 Å². The molecule has 5 rings (SSSR count). The van der Waals surface area contributed by atoms with Crippen LogP contribution in [0.25, 0.3) is 11.1 Å². The molecule has 0 spiro atoms. The summed E-state index contributed by atoms with van der Waals surface area (Å²) in [5.41, 5.74) is 8.93. The Morgan fingerprint density at radius 2 is 2.00 bits per heavy atom. The molecule has 0 bridgehead atoms. The molecule has 1 aliphatic heterocycles. The van der Waals surface area contributed by atoms with Gasteiger partial charge in [-0.25, -0.2) is 4.98 Å². The first-order valence-electron chi connectivity index (χ1n) is 11.1. The molecule has 1 saturated heterocycles. The first kappa shape index (κ1) is 20.7. The van der Waals surface area contributed by atoms with Crippen molar-refractivity contribution in [3.8, 4) is 16.9 Å². The van der Waals surface area contributed by atoms with Crippen LogP contribution in [0.3, 0.4) is 0 Å². The molecule has 7 nitrogen and oxygen atoms in total. The van der Waals surface area contributed by atoms with E-state index in [0.29, 0.717) is 12.4 Å². The number of rotatable bonds is 7. The summed E-state index contributed by atoms with van der Waals surface area (Å²) >= 11 is 0. The molecule has 1 amide bonds. The van der Waals surface area contributed by atoms with Crippen molar-refractivity contribution >= 4 is 11.7 Å². The zero-order valence-electron chi connectivity index (χ0n) is 17.8. The highest BCUT2D eigenvalue weighted by molar-refractivity contribution is 5.94. The van der Waals surface area contributed by atoms with E-state index in [-0.39, 0.29) is 23.8 Å². The fraction of sp³-hybridized carbons (Fsp3) is 0.360. The summed E-state index contributed by atoms with van der Waals surface area (Å²) in [6, 6.07) is 13.6. The second kappa shape index (κ2) is 9.14. The Kier molecular flexibility index (Phi) is 5.92. The molecule has 2 unspecified atom stereocenters. The largest absolute Gasteiger partial charge is 0.490 e. The number of amides is 1. The van der Waals surface area contributed by atoms with E-state index in [9.17, 15) is 4.79 Å². The van der Waals surface area contributed by atoms with E-state index in [1.54, 1.807) is 12.5 Å². The average Bonchev–Trinajstić information content (AvgIpc) is 3.45. The minimum atomic E-state index is -0.0722. The summed E-state index contributed by atoms with van der Waals surface area (Å²) < 4.78 is 17.0. The maximum atomic E-state index is 12.6.